The van der Waals surface area contributed by atoms with Crippen LogP contribution in [0.25, 0.3) is 10.8 Å². The number of hydrogen-bond acceptors (Lipinski definition) is 6. The lowest BCUT2D eigenvalue weighted by Crippen LogP contribution is -2.54. The van der Waals surface area contributed by atoms with Gasteiger partial charge in [-0.1, -0.05) is 55.5 Å². The van der Waals surface area contributed by atoms with Gasteiger partial charge in [0.2, 0.25) is 5.91 Å². The molecule has 3 heterocycles. The van der Waals surface area contributed by atoms with Crippen molar-refractivity contribution in [3.8, 4) is 6.01 Å². The lowest BCUT2D eigenvalue weighted by atomic mass is 9.73. The Morgan fingerprint density at radius 1 is 1.12 bits per heavy atom. The second-order valence-corrected chi connectivity index (χ2v) is 12.4. The highest BCUT2D eigenvalue weighted by Crippen LogP contribution is 2.43. The van der Waals surface area contributed by atoms with Gasteiger partial charge in [0.15, 0.2) is 0 Å². The minimum atomic E-state index is -0.00670. The van der Waals surface area contributed by atoms with Gasteiger partial charge in [-0.15, -0.1) is 0 Å². The van der Waals surface area contributed by atoms with Crippen molar-refractivity contribution >= 4 is 22.5 Å². The quantitative estimate of drug-likeness (QED) is 0.394. The standard InChI is InChI=1S/C34H43N5O2/c1-6-32(40)38-14-15-39(24(4)20-38)33-30-18-23(3)28(29-17-22(2)16-25-10-7-8-12-27(25)29)19-31(30)35-34(36-33)41-21-26-11-9-13-37(26)5/h6-8,10,12,16-17,23-24,26,28H,1,9,11,13-15,18-21H2,2-5H3/t23?,24-,26-,28?/m0/s1. The molecule has 2 saturated heterocycles. The Balaban J connectivity index is 1.36. The van der Waals surface area contributed by atoms with Crippen LogP contribution in [0.4, 0.5) is 5.82 Å². The van der Waals surface area contributed by atoms with E-state index in [9.17, 15) is 4.79 Å². The van der Waals surface area contributed by atoms with Crippen molar-refractivity contribution in [3.63, 3.8) is 0 Å². The number of carbonyl (C=O) groups excluding carboxylic acids is 1. The van der Waals surface area contributed by atoms with Gasteiger partial charge in [-0.05, 0) is 87.4 Å². The maximum Gasteiger partial charge on any atom is 0.318 e. The number of carbonyl (C=O) groups is 1. The summed E-state index contributed by atoms with van der Waals surface area (Å²) in [5.74, 6) is 1.78. The molecule has 1 aromatic heterocycles. The molecule has 216 valence electrons. The first-order chi connectivity index (χ1) is 19.8. The van der Waals surface area contributed by atoms with Crippen LogP contribution in [0.5, 0.6) is 6.01 Å². The first-order valence-electron chi connectivity index (χ1n) is 15.2. The minimum Gasteiger partial charge on any atom is -0.462 e. The van der Waals surface area contributed by atoms with Gasteiger partial charge in [0.25, 0.3) is 0 Å². The van der Waals surface area contributed by atoms with Crippen LogP contribution in [0.1, 0.15) is 55.0 Å². The van der Waals surface area contributed by atoms with E-state index in [4.69, 9.17) is 14.7 Å². The van der Waals surface area contributed by atoms with Gasteiger partial charge < -0.3 is 19.4 Å². The van der Waals surface area contributed by atoms with Gasteiger partial charge in [-0.3, -0.25) is 4.79 Å². The third-order valence-electron chi connectivity index (χ3n) is 9.58. The molecular weight excluding hydrogens is 510 g/mol. The number of likely N-dealkylation sites (tertiary alicyclic amines) is 1. The Bertz CT molecular complexity index is 1450. The van der Waals surface area contributed by atoms with Gasteiger partial charge in [-0.25, -0.2) is 0 Å². The fourth-order valence-electron chi connectivity index (χ4n) is 7.23. The van der Waals surface area contributed by atoms with E-state index in [1.165, 1.54) is 40.0 Å². The lowest BCUT2D eigenvalue weighted by molar-refractivity contribution is -0.126. The van der Waals surface area contributed by atoms with E-state index in [0.29, 0.717) is 43.6 Å². The predicted octanol–water partition coefficient (Wildman–Crippen LogP) is 5.15. The van der Waals surface area contributed by atoms with Crippen molar-refractivity contribution in [2.75, 3.05) is 44.7 Å². The van der Waals surface area contributed by atoms with Crippen molar-refractivity contribution < 1.29 is 9.53 Å². The molecule has 3 aliphatic rings. The molecule has 2 unspecified atom stereocenters. The Morgan fingerprint density at radius 3 is 2.71 bits per heavy atom. The average molecular weight is 554 g/mol. The molecule has 0 spiro atoms. The van der Waals surface area contributed by atoms with Crippen LogP contribution in [0.15, 0.2) is 49.1 Å². The van der Waals surface area contributed by atoms with Crippen molar-refractivity contribution in [1.82, 2.24) is 19.8 Å². The van der Waals surface area contributed by atoms with E-state index in [0.717, 1.165) is 43.9 Å². The van der Waals surface area contributed by atoms with Crippen LogP contribution in [-0.2, 0) is 17.6 Å². The van der Waals surface area contributed by atoms with Crippen LogP contribution in [0, 0.1) is 12.8 Å². The molecule has 7 nitrogen and oxygen atoms in total. The Kier molecular flexibility index (Phi) is 7.73. The highest BCUT2D eigenvalue weighted by atomic mass is 16.5. The molecule has 1 amide bonds. The molecule has 1 aliphatic carbocycles. The first-order valence-corrected chi connectivity index (χ1v) is 15.2. The molecule has 6 rings (SSSR count). The zero-order valence-electron chi connectivity index (χ0n) is 25.0. The number of amides is 1. The zero-order valence-corrected chi connectivity index (χ0v) is 25.0. The lowest BCUT2D eigenvalue weighted by Gasteiger charge is -2.42. The summed E-state index contributed by atoms with van der Waals surface area (Å²) in [5, 5.41) is 2.64. The smallest absolute Gasteiger partial charge is 0.318 e. The minimum absolute atomic E-state index is 0.00670. The maximum atomic E-state index is 12.4. The molecule has 0 bridgehead atoms. The summed E-state index contributed by atoms with van der Waals surface area (Å²) < 4.78 is 6.36. The van der Waals surface area contributed by atoms with E-state index >= 15 is 0 Å². The van der Waals surface area contributed by atoms with E-state index in [1.807, 2.05) is 4.90 Å². The van der Waals surface area contributed by atoms with Crippen LogP contribution in [0.2, 0.25) is 0 Å². The van der Waals surface area contributed by atoms with E-state index in [-0.39, 0.29) is 11.9 Å². The second-order valence-electron chi connectivity index (χ2n) is 12.4. The molecule has 0 saturated carbocycles. The number of anilines is 1. The van der Waals surface area contributed by atoms with Gasteiger partial charge >= 0.3 is 6.01 Å². The Labute approximate surface area is 244 Å². The molecule has 0 N–H and O–H groups in total. The number of fused-ring (bicyclic) bond motifs is 2. The average Bonchev–Trinajstić information content (AvgIpc) is 3.39. The summed E-state index contributed by atoms with van der Waals surface area (Å²) >= 11 is 0. The highest BCUT2D eigenvalue weighted by Gasteiger charge is 2.35. The summed E-state index contributed by atoms with van der Waals surface area (Å²) in [7, 11) is 2.17. The van der Waals surface area contributed by atoms with E-state index in [1.54, 1.807) is 0 Å². The molecule has 2 fully saturated rings. The summed E-state index contributed by atoms with van der Waals surface area (Å²) in [6.07, 6.45) is 5.54. The number of nitrogens with zero attached hydrogens (tertiary/aromatic N) is 5. The molecule has 41 heavy (non-hydrogen) atoms. The van der Waals surface area contributed by atoms with Crippen LogP contribution >= 0.6 is 0 Å². The van der Waals surface area contributed by atoms with Crippen molar-refractivity contribution in [2.24, 2.45) is 5.92 Å². The summed E-state index contributed by atoms with van der Waals surface area (Å²) in [5.41, 5.74) is 5.06. The monoisotopic (exact) mass is 553 g/mol. The molecule has 3 aromatic rings. The molecule has 2 aromatic carbocycles. The topological polar surface area (TPSA) is 61.8 Å². The van der Waals surface area contributed by atoms with Gasteiger partial charge in [-0.2, -0.15) is 9.97 Å². The van der Waals surface area contributed by atoms with E-state index in [2.05, 4.69) is 80.6 Å². The third-order valence-corrected chi connectivity index (χ3v) is 9.58. The number of rotatable bonds is 6. The number of ether oxygens (including phenoxy) is 1. The van der Waals surface area contributed by atoms with Gasteiger partial charge in [0.1, 0.15) is 12.4 Å². The van der Waals surface area contributed by atoms with Crippen molar-refractivity contribution in [2.45, 2.75) is 64.5 Å². The maximum absolute atomic E-state index is 12.4. The third kappa shape index (κ3) is 5.44. The van der Waals surface area contributed by atoms with Gasteiger partial charge in [0.05, 0.1) is 5.69 Å². The molecule has 2 aliphatic heterocycles. The fraction of sp³-hybridized carbons (Fsp3) is 0.500. The highest BCUT2D eigenvalue weighted by molar-refractivity contribution is 5.88. The normalized spacial score (nSPS) is 24.9. The predicted molar refractivity (Wildman–Crippen MR) is 165 cm³/mol. The molecule has 4 atom stereocenters. The van der Waals surface area contributed by atoms with Crippen LogP contribution in [-0.4, -0.2) is 77.6 Å². The number of benzene rings is 2. The summed E-state index contributed by atoms with van der Waals surface area (Å²) in [6, 6.07) is 14.4. The van der Waals surface area contributed by atoms with E-state index < -0.39 is 0 Å². The molecule has 0 radical (unpaired) electrons. The second kappa shape index (κ2) is 11.4. The number of likely N-dealkylation sites (N-methyl/N-ethyl adjacent to an activating group) is 1. The van der Waals surface area contributed by atoms with Crippen LogP contribution < -0.4 is 9.64 Å². The Hall–Kier alpha value is -3.45. The summed E-state index contributed by atoms with van der Waals surface area (Å²) in [4.78, 5) is 29.2. The number of hydrogen-bond donors (Lipinski definition) is 0. The summed E-state index contributed by atoms with van der Waals surface area (Å²) in [6.45, 7) is 14.2. The largest absolute Gasteiger partial charge is 0.462 e. The van der Waals surface area contributed by atoms with Crippen molar-refractivity contribution in [1.29, 1.82) is 0 Å². The van der Waals surface area contributed by atoms with Crippen molar-refractivity contribution in [3.05, 3.63) is 71.4 Å². The SMILES string of the molecule is C=CC(=O)N1CCN(c2nc(OC[C@@H]3CCCN3C)nc3c2CC(C)C(c2cc(C)cc4ccccc24)C3)[C@@H](C)C1. The molecular formula is C34H43N5O2. The molecule has 7 heteroatoms. The fourth-order valence-corrected chi connectivity index (χ4v) is 7.23. The van der Waals surface area contributed by atoms with Gasteiger partial charge in [0, 0.05) is 37.3 Å². The number of aryl methyl sites for hydroxylation is 1. The Morgan fingerprint density at radius 2 is 1.95 bits per heavy atom. The number of piperazine rings is 1. The number of aromatic nitrogens is 2. The van der Waals surface area contributed by atoms with Crippen LogP contribution in [0.3, 0.4) is 0 Å². The first kappa shape index (κ1) is 27.7. The zero-order chi connectivity index (χ0) is 28.7.